The van der Waals surface area contributed by atoms with Crippen LogP contribution in [0.1, 0.15) is 62.3 Å². The van der Waals surface area contributed by atoms with Crippen molar-refractivity contribution in [2.24, 2.45) is 5.92 Å². The van der Waals surface area contributed by atoms with Crippen molar-refractivity contribution in [2.75, 3.05) is 13.2 Å². The smallest absolute Gasteiger partial charge is 0.407 e. The van der Waals surface area contributed by atoms with Crippen LogP contribution in [0, 0.1) is 5.92 Å². The molecule has 142 valence electrons. The lowest BCUT2D eigenvalue weighted by molar-refractivity contribution is 0.00707. The number of hydrogen-bond donors (Lipinski definition) is 3. The largest absolute Gasteiger partial charge is 0.441 e. The molecule has 3 N–H and O–H groups in total. The fourth-order valence-corrected chi connectivity index (χ4v) is 4.52. The highest BCUT2D eigenvalue weighted by Gasteiger charge is 2.41. The van der Waals surface area contributed by atoms with Crippen molar-refractivity contribution in [3.63, 3.8) is 0 Å². The van der Waals surface area contributed by atoms with E-state index in [0.29, 0.717) is 31.2 Å². The highest BCUT2D eigenvalue weighted by Crippen LogP contribution is 2.39. The van der Waals surface area contributed by atoms with Gasteiger partial charge in [-0.3, -0.25) is 5.43 Å². The van der Waals surface area contributed by atoms with Crippen LogP contribution in [0.2, 0.25) is 0 Å². The molecule has 1 aromatic rings. The molecule has 2 aliphatic heterocycles. The van der Waals surface area contributed by atoms with E-state index in [-0.39, 0.29) is 18.2 Å². The molecule has 5 atom stereocenters. The van der Waals surface area contributed by atoms with Crippen molar-refractivity contribution in [3.8, 4) is 0 Å². The third-order valence-corrected chi connectivity index (χ3v) is 5.91. The van der Waals surface area contributed by atoms with Crippen LogP contribution in [0.4, 0.5) is 4.79 Å². The van der Waals surface area contributed by atoms with Gasteiger partial charge in [-0.15, -0.1) is 0 Å². The molecule has 4 rings (SSSR count). The molecule has 1 aliphatic carbocycles. The summed E-state index contributed by atoms with van der Waals surface area (Å²) in [5.74, 6) is 0.523. The van der Waals surface area contributed by atoms with Crippen LogP contribution in [0.15, 0.2) is 24.3 Å². The van der Waals surface area contributed by atoms with E-state index in [1.54, 1.807) is 0 Å². The molecular weight excluding hydrogens is 330 g/mol. The molecule has 1 saturated carbocycles. The van der Waals surface area contributed by atoms with Crippen LogP contribution < -0.4 is 16.2 Å². The predicted molar refractivity (Wildman–Crippen MR) is 98.5 cm³/mol. The van der Waals surface area contributed by atoms with E-state index in [4.69, 9.17) is 9.47 Å². The molecule has 6 nitrogen and oxygen atoms in total. The van der Waals surface area contributed by atoms with Crippen molar-refractivity contribution in [1.29, 1.82) is 0 Å². The van der Waals surface area contributed by atoms with Crippen LogP contribution in [0.25, 0.3) is 0 Å². The maximum absolute atomic E-state index is 12.1. The van der Waals surface area contributed by atoms with Crippen molar-refractivity contribution in [2.45, 2.75) is 63.3 Å². The first-order valence-electron chi connectivity index (χ1n) is 9.91. The number of alkyl carbamates (subject to hydrolysis) is 1. The lowest BCUT2D eigenvalue weighted by atomic mass is 9.78. The third kappa shape index (κ3) is 3.72. The molecule has 2 heterocycles. The highest BCUT2D eigenvalue weighted by molar-refractivity contribution is 5.67. The number of fused-ring (bicyclic) bond motifs is 4. The quantitative estimate of drug-likeness (QED) is 0.719. The van der Waals surface area contributed by atoms with Gasteiger partial charge in [0, 0.05) is 19.2 Å². The first-order valence-corrected chi connectivity index (χ1v) is 9.91. The Morgan fingerprint density at radius 3 is 2.96 bits per heavy atom. The fourth-order valence-electron chi connectivity index (χ4n) is 4.52. The summed E-state index contributed by atoms with van der Waals surface area (Å²) >= 11 is 0. The number of carbonyl (C=O) groups is 1. The summed E-state index contributed by atoms with van der Waals surface area (Å²) in [5.41, 5.74) is 9.30. The summed E-state index contributed by atoms with van der Waals surface area (Å²) in [7, 11) is 0. The Balaban J connectivity index is 1.62. The van der Waals surface area contributed by atoms with E-state index < -0.39 is 0 Å². The summed E-state index contributed by atoms with van der Waals surface area (Å²) in [4.78, 5) is 12.1. The minimum absolute atomic E-state index is 0.222. The Morgan fingerprint density at radius 1 is 1.19 bits per heavy atom. The average Bonchev–Trinajstić information content (AvgIpc) is 3.08. The zero-order chi connectivity index (χ0) is 17.9. The minimum Gasteiger partial charge on any atom is -0.441 e. The van der Waals surface area contributed by atoms with Crippen molar-refractivity contribution in [3.05, 3.63) is 35.4 Å². The molecule has 0 radical (unpaired) electrons. The number of amides is 1. The topological polar surface area (TPSA) is 71.6 Å². The molecule has 6 heteroatoms. The highest BCUT2D eigenvalue weighted by atomic mass is 16.6. The SMILES string of the molecule is CCC1OC(=O)NCCCOC2CCC3NNC(c4cccc1c4)C3C2. The zero-order valence-corrected chi connectivity index (χ0v) is 15.4. The summed E-state index contributed by atoms with van der Waals surface area (Å²) in [6.07, 6.45) is 4.60. The number of benzene rings is 1. The van der Waals surface area contributed by atoms with E-state index in [1.807, 2.05) is 6.92 Å². The van der Waals surface area contributed by atoms with Crippen LogP contribution in [0.3, 0.4) is 0 Å². The van der Waals surface area contributed by atoms with Crippen LogP contribution in [0.5, 0.6) is 0 Å². The zero-order valence-electron chi connectivity index (χ0n) is 15.4. The van der Waals surface area contributed by atoms with Gasteiger partial charge in [0.15, 0.2) is 0 Å². The number of nitrogens with one attached hydrogen (secondary N) is 3. The number of ether oxygens (including phenoxy) is 2. The predicted octanol–water partition coefficient (Wildman–Crippen LogP) is 2.97. The maximum atomic E-state index is 12.1. The second-order valence-electron chi connectivity index (χ2n) is 7.60. The van der Waals surface area contributed by atoms with Gasteiger partial charge in [-0.2, -0.15) is 0 Å². The van der Waals surface area contributed by atoms with Gasteiger partial charge in [0.1, 0.15) is 6.10 Å². The van der Waals surface area contributed by atoms with E-state index in [0.717, 1.165) is 37.7 Å². The number of hydrazine groups is 1. The van der Waals surface area contributed by atoms with Gasteiger partial charge in [0.25, 0.3) is 0 Å². The minimum atomic E-state index is -0.350. The standard InChI is InChI=1S/C20H29N3O3/c1-2-18-13-5-3-6-14(11-13)19-16-12-15(7-8-17(16)22-23-19)25-10-4-9-21-20(24)26-18/h3,5-6,11,15-19,22-23H,2,4,7-10,12H2,1H3,(H,21,24). The number of carbonyl (C=O) groups excluding carboxylic acids is 1. The molecule has 1 aromatic carbocycles. The van der Waals surface area contributed by atoms with Gasteiger partial charge in [0.05, 0.1) is 12.1 Å². The first-order chi connectivity index (χ1) is 12.7. The summed E-state index contributed by atoms with van der Waals surface area (Å²) in [5, 5.41) is 2.84. The number of cyclic esters (lactones) is 1. The Hall–Kier alpha value is -1.63. The average molecular weight is 359 g/mol. The molecule has 2 fully saturated rings. The van der Waals surface area contributed by atoms with Crippen LogP contribution in [-0.4, -0.2) is 31.4 Å². The fraction of sp³-hybridized carbons (Fsp3) is 0.650. The van der Waals surface area contributed by atoms with Crippen molar-refractivity contribution < 1.29 is 14.3 Å². The molecule has 4 bridgehead atoms. The van der Waals surface area contributed by atoms with Crippen molar-refractivity contribution >= 4 is 6.09 Å². The second kappa shape index (κ2) is 7.94. The molecule has 0 spiro atoms. The second-order valence-corrected chi connectivity index (χ2v) is 7.60. The molecular formula is C20H29N3O3. The van der Waals surface area contributed by atoms with Crippen LogP contribution in [-0.2, 0) is 9.47 Å². The first kappa shape index (κ1) is 17.8. The van der Waals surface area contributed by atoms with Gasteiger partial charge < -0.3 is 14.8 Å². The number of hydrogen-bond acceptors (Lipinski definition) is 5. The Labute approximate surface area is 155 Å². The van der Waals surface area contributed by atoms with Gasteiger partial charge in [-0.25, -0.2) is 10.2 Å². The summed E-state index contributed by atoms with van der Waals surface area (Å²) in [6, 6.07) is 9.24. The van der Waals surface area contributed by atoms with Crippen molar-refractivity contribution in [1.82, 2.24) is 16.2 Å². The normalized spacial score (nSPS) is 35.0. The number of rotatable bonds is 1. The molecule has 1 amide bonds. The van der Waals surface area contributed by atoms with E-state index in [2.05, 4.69) is 40.4 Å². The summed E-state index contributed by atoms with van der Waals surface area (Å²) in [6.45, 7) is 3.31. The Bertz CT molecular complexity index is 638. The van der Waals surface area contributed by atoms with Gasteiger partial charge in [-0.1, -0.05) is 31.2 Å². The molecule has 26 heavy (non-hydrogen) atoms. The van der Waals surface area contributed by atoms with Gasteiger partial charge >= 0.3 is 6.09 Å². The van der Waals surface area contributed by atoms with Gasteiger partial charge in [0.2, 0.25) is 0 Å². The van der Waals surface area contributed by atoms with E-state index >= 15 is 0 Å². The van der Waals surface area contributed by atoms with E-state index in [9.17, 15) is 4.79 Å². The maximum Gasteiger partial charge on any atom is 0.407 e. The molecule has 0 aromatic heterocycles. The lowest BCUT2D eigenvalue weighted by Crippen LogP contribution is -2.37. The molecule has 5 unspecified atom stereocenters. The molecule has 1 saturated heterocycles. The lowest BCUT2D eigenvalue weighted by Gasteiger charge is -2.33. The van der Waals surface area contributed by atoms with Gasteiger partial charge in [-0.05, 0) is 49.1 Å². The Kier molecular flexibility index (Phi) is 5.43. The monoisotopic (exact) mass is 359 g/mol. The summed E-state index contributed by atoms with van der Waals surface area (Å²) < 4.78 is 11.8. The third-order valence-electron chi connectivity index (χ3n) is 5.91. The van der Waals surface area contributed by atoms with E-state index in [1.165, 1.54) is 5.56 Å². The Morgan fingerprint density at radius 2 is 2.08 bits per heavy atom. The van der Waals surface area contributed by atoms with Crippen LogP contribution >= 0.6 is 0 Å². The molecule has 3 aliphatic rings.